The third-order valence-corrected chi connectivity index (χ3v) is 3.81. The Morgan fingerprint density at radius 2 is 2.26 bits per heavy atom. The SMILES string of the molecule is C[C@H](N)[C@H]1CCCCN1C(=O)c1cc(Cl)ccc1F. The van der Waals surface area contributed by atoms with E-state index in [0.717, 1.165) is 19.3 Å². The van der Waals surface area contributed by atoms with Gasteiger partial charge in [0.05, 0.1) is 5.56 Å². The molecular weight excluding hydrogens is 267 g/mol. The molecule has 3 nitrogen and oxygen atoms in total. The highest BCUT2D eigenvalue weighted by molar-refractivity contribution is 6.31. The first-order valence-electron chi connectivity index (χ1n) is 6.52. The summed E-state index contributed by atoms with van der Waals surface area (Å²) in [5.74, 6) is -0.856. The van der Waals surface area contributed by atoms with Gasteiger partial charge >= 0.3 is 0 Å². The lowest BCUT2D eigenvalue weighted by Crippen LogP contribution is -2.51. The number of rotatable bonds is 2. The number of hydrogen-bond donors (Lipinski definition) is 1. The minimum Gasteiger partial charge on any atom is -0.334 e. The van der Waals surface area contributed by atoms with Crippen molar-refractivity contribution in [1.82, 2.24) is 4.90 Å². The predicted octanol–water partition coefficient (Wildman–Crippen LogP) is 2.82. The number of amides is 1. The molecule has 1 aromatic carbocycles. The van der Waals surface area contributed by atoms with E-state index >= 15 is 0 Å². The van der Waals surface area contributed by atoms with Crippen LogP contribution in [0.15, 0.2) is 18.2 Å². The molecule has 0 aromatic heterocycles. The summed E-state index contributed by atoms with van der Waals surface area (Å²) in [7, 11) is 0. The van der Waals surface area contributed by atoms with Crippen molar-refractivity contribution in [3.8, 4) is 0 Å². The predicted molar refractivity (Wildman–Crippen MR) is 73.7 cm³/mol. The Hall–Kier alpha value is -1.13. The van der Waals surface area contributed by atoms with E-state index in [-0.39, 0.29) is 23.6 Å². The number of halogens is 2. The van der Waals surface area contributed by atoms with Crippen molar-refractivity contribution in [1.29, 1.82) is 0 Å². The van der Waals surface area contributed by atoms with Crippen LogP contribution in [-0.2, 0) is 0 Å². The molecule has 104 valence electrons. The van der Waals surface area contributed by atoms with E-state index in [1.807, 2.05) is 6.92 Å². The average Bonchev–Trinajstić information content (AvgIpc) is 2.40. The van der Waals surface area contributed by atoms with Crippen molar-refractivity contribution < 1.29 is 9.18 Å². The Bertz CT molecular complexity index is 479. The van der Waals surface area contributed by atoms with Crippen LogP contribution in [0, 0.1) is 5.82 Å². The molecular formula is C14H18ClFN2O. The highest BCUT2D eigenvalue weighted by atomic mass is 35.5. The number of nitrogens with two attached hydrogens (primary N) is 1. The second-order valence-electron chi connectivity index (χ2n) is 5.04. The first-order valence-corrected chi connectivity index (χ1v) is 6.90. The van der Waals surface area contributed by atoms with Crippen molar-refractivity contribution in [3.63, 3.8) is 0 Å². The van der Waals surface area contributed by atoms with Crippen LogP contribution in [0.25, 0.3) is 0 Å². The van der Waals surface area contributed by atoms with Gasteiger partial charge in [0.2, 0.25) is 0 Å². The zero-order valence-electron chi connectivity index (χ0n) is 10.9. The molecule has 0 unspecified atom stereocenters. The third kappa shape index (κ3) is 3.07. The van der Waals surface area contributed by atoms with Gasteiger partial charge < -0.3 is 10.6 Å². The number of carbonyl (C=O) groups is 1. The summed E-state index contributed by atoms with van der Waals surface area (Å²) in [6.45, 7) is 2.50. The molecule has 0 spiro atoms. The van der Waals surface area contributed by atoms with E-state index in [0.29, 0.717) is 11.6 Å². The van der Waals surface area contributed by atoms with Gasteiger partial charge in [-0.3, -0.25) is 4.79 Å². The lowest BCUT2D eigenvalue weighted by atomic mass is 9.96. The molecule has 5 heteroatoms. The summed E-state index contributed by atoms with van der Waals surface area (Å²) in [4.78, 5) is 14.1. The number of carbonyl (C=O) groups excluding carboxylic acids is 1. The van der Waals surface area contributed by atoms with E-state index in [2.05, 4.69) is 0 Å². The first-order chi connectivity index (χ1) is 9.00. The topological polar surface area (TPSA) is 46.3 Å². The first kappa shape index (κ1) is 14.3. The Morgan fingerprint density at radius 1 is 1.53 bits per heavy atom. The van der Waals surface area contributed by atoms with Crippen molar-refractivity contribution in [2.75, 3.05) is 6.54 Å². The molecule has 1 fully saturated rings. The zero-order chi connectivity index (χ0) is 14.0. The molecule has 19 heavy (non-hydrogen) atoms. The molecule has 0 saturated carbocycles. The van der Waals surface area contributed by atoms with Gasteiger partial charge in [-0.15, -0.1) is 0 Å². The maximum atomic E-state index is 13.8. The molecule has 1 amide bonds. The average molecular weight is 285 g/mol. The van der Waals surface area contributed by atoms with Crippen molar-refractivity contribution >= 4 is 17.5 Å². The van der Waals surface area contributed by atoms with E-state index < -0.39 is 5.82 Å². The minimum absolute atomic E-state index is 0.0278. The number of piperidine rings is 1. The Labute approximate surface area is 117 Å². The fourth-order valence-corrected chi connectivity index (χ4v) is 2.74. The quantitative estimate of drug-likeness (QED) is 0.908. The monoisotopic (exact) mass is 284 g/mol. The van der Waals surface area contributed by atoms with Crippen LogP contribution in [0.5, 0.6) is 0 Å². The van der Waals surface area contributed by atoms with Gasteiger partial charge in [-0.25, -0.2) is 4.39 Å². The largest absolute Gasteiger partial charge is 0.334 e. The maximum Gasteiger partial charge on any atom is 0.257 e. The van der Waals surface area contributed by atoms with Gasteiger partial charge in [-0.05, 0) is 44.4 Å². The maximum absolute atomic E-state index is 13.8. The highest BCUT2D eigenvalue weighted by Crippen LogP contribution is 2.23. The Morgan fingerprint density at radius 3 is 2.95 bits per heavy atom. The van der Waals surface area contributed by atoms with E-state index in [4.69, 9.17) is 17.3 Å². The Kier molecular flexibility index (Phi) is 4.42. The minimum atomic E-state index is -0.539. The van der Waals surface area contributed by atoms with Crippen LogP contribution in [0.2, 0.25) is 5.02 Å². The standard InChI is InChI=1S/C14H18ClFN2O/c1-9(17)13-4-2-3-7-18(13)14(19)11-8-10(15)5-6-12(11)16/h5-6,8-9,13H,2-4,7,17H2,1H3/t9-,13+/m0/s1. The summed E-state index contributed by atoms with van der Waals surface area (Å²) >= 11 is 5.84. The van der Waals surface area contributed by atoms with Crippen LogP contribution in [0.1, 0.15) is 36.5 Å². The van der Waals surface area contributed by atoms with Crippen LogP contribution in [-0.4, -0.2) is 29.4 Å². The van der Waals surface area contributed by atoms with Crippen LogP contribution in [0.4, 0.5) is 4.39 Å². The van der Waals surface area contributed by atoms with Gasteiger partial charge in [0.25, 0.3) is 5.91 Å². The zero-order valence-corrected chi connectivity index (χ0v) is 11.7. The summed E-state index contributed by atoms with van der Waals surface area (Å²) in [5.41, 5.74) is 5.96. The van der Waals surface area contributed by atoms with Gasteiger partial charge in [0, 0.05) is 23.7 Å². The van der Waals surface area contributed by atoms with Gasteiger partial charge in [0.1, 0.15) is 5.82 Å². The molecule has 1 aliphatic heterocycles. The van der Waals surface area contributed by atoms with Gasteiger partial charge in [-0.2, -0.15) is 0 Å². The fraction of sp³-hybridized carbons (Fsp3) is 0.500. The fourth-order valence-electron chi connectivity index (χ4n) is 2.57. The number of likely N-dealkylation sites (tertiary alicyclic amines) is 1. The van der Waals surface area contributed by atoms with E-state index in [1.54, 1.807) is 4.90 Å². The van der Waals surface area contributed by atoms with Crippen LogP contribution >= 0.6 is 11.6 Å². The van der Waals surface area contributed by atoms with Crippen molar-refractivity contribution in [2.45, 2.75) is 38.3 Å². The second-order valence-corrected chi connectivity index (χ2v) is 5.48. The van der Waals surface area contributed by atoms with Gasteiger partial charge in [0.15, 0.2) is 0 Å². The van der Waals surface area contributed by atoms with E-state index in [9.17, 15) is 9.18 Å². The molecule has 0 aliphatic carbocycles. The molecule has 0 bridgehead atoms. The summed E-state index contributed by atoms with van der Waals surface area (Å²) in [6.07, 6.45) is 2.84. The molecule has 2 N–H and O–H groups in total. The smallest absolute Gasteiger partial charge is 0.257 e. The molecule has 1 aliphatic rings. The lowest BCUT2D eigenvalue weighted by molar-refractivity contribution is 0.0579. The molecule has 1 saturated heterocycles. The third-order valence-electron chi connectivity index (χ3n) is 3.58. The molecule has 1 aromatic rings. The summed E-state index contributed by atoms with van der Waals surface area (Å²) in [5, 5.41) is 0.360. The molecule has 2 atom stereocenters. The summed E-state index contributed by atoms with van der Waals surface area (Å²) in [6, 6.07) is 3.89. The second kappa shape index (κ2) is 5.88. The molecule has 1 heterocycles. The highest BCUT2D eigenvalue weighted by Gasteiger charge is 2.31. The van der Waals surface area contributed by atoms with E-state index in [1.165, 1.54) is 18.2 Å². The number of hydrogen-bond acceptors (Lipinski definition) is 2. The van der Waals surface area contributed by atoms with Crippen molar-refractivity contribution in [3.05, 3.63) is 34.6 Å². The number of benzene rings is 1. The van der Waals surface area contributed by atoms with Crippen LogP contribution < -0.4 is 5.73 Å². The van der Waals surface area contributed by atoms with Gasteiger partial charge in [-0.1, -0.05) is 11.6 Å². The normalized spacial score (nSPS) is 21.3. The lowest BCUT2D eigenvalue weighted by Gasteiger charge is -2.38. The molecule has 2 rings (SSSR count). The van der Waals surface area contributed by atoms with Crippen molar-refractivity contribution in [2.24, 2.45) is 5.73 Å². The summed E-state index contributed by atoms with van der Waals surface area (Å²) < 4.78 is 13.8. The van der Waals surface area contributed by atoms with Crippen LogP contribution in [0.3, 0.4) is 0 Å². The molecule has 0 radical (unpaired) electrons. The number of nitrogens with zero attached hydrogens (tertiary/aromatic N) is 1. The Balaban J connectivity index is 2.28.